The van der Waals surface area contributed by atoms with Gasteiger partial charge in [-0.05, 0) is 11.6 Å². The molecule has 0 fully saturated rings. The number of aromatic nitrogens is 1. The average Bonchev–Trinajstić information content (AvgIpc) is 2.01. The van der Waals surface area contributed by atoms with Crippen molar-refractivity contribution in [1.29, 1.82) is 0 Å². The van der Waals surface area contributed by atoms with E-state index < -0.39 is 30.3 Å². The molecule has 3 nitrogen and oxygen atoms in total. The first-order valence-electron chi connectivity index (χ1n) is 3.65. The Kier molecular flexibility index (Phi) is 3.06. The second kappa shape index (κ2) is 4.08. The molecule has 0 bridgehead atoms. The summed E-state index contributed by atoms with van der Waals surface area (Å²) in [4.78, 5) is 13.3. The largest absolute Gasteiger partial charge is 0.481 e. The van der Waals surface area contributed by atoms with Crippen LogP contribution >= 0.6 is 0 Å². The van der Waals surface area contributed by atoms with Gasteiger partial charge in [0.05, 0.1) is 12.0 Å². The van der Waals surface area contributed by atoms with Gasteiger partial charge >= 0.3 is 5.97 Å². The molecule has 0 saturated heterocycles. The highest BCUT2D eigenvalue weighted by Crippen LogP contribution is 2.24. The Hall–Kier alpha value is -1.59. The predicted molar refractivity (Wildman–Crippen MR) is 40.5 cm³/mol. The maximum absolute atomic E-state index is 12.8. The average molecular weight is 205 g/mol. The van der Waals surface area contributed by atoms with E-state index in [4.69, 9.17) is 5.11 Å². The number of nitrogens with zero attached hydrogens (tertiary/aromatic N) is 1. The highest BCUT2D eigenvalue weighted by molar-refractivity contribution is 5.70. The molecule has 1 rings (SSSR count). The lowest BCUT2D eigenvalue weighted by Gasteiger charge is -2.06. The van der Waals surface area contributed by atoms with Crippen molar-refractivity contribution in [2.45, 2.75) is 12.8 Å². The number of carbonyl (C=O) groups is 1. The van der Waals surface area contributed by atoms with Crippen molar-refractivity contribution in [3.8, 4) is 0 Å². The van der Waals surface area contributed by atoms with Gasteiger partial charge in [-0.3, -0.25) is 4.79 Å². The number of carboxylic acid groups (broad SMARTS) is 1. The van der Waals surface area contributed by atoms with Gasteiger partial charge in [-0.15, -0.1) is 0 Å². The number of carboxylic acids is 1. The van der Waals surface area contributed by atoms with Crippen molar-refractivity contribution in [3.63, 3.8) is 0 Å². The highest BCUT2D eigenvalue weighted by Gasteiger charge is 2.20. The second-order valence-corrected chi connectivity index (χ2v) is 2.55. The lowest BCUT2D eigenvalue weighted by atomic mass is 10.1. The van der Waals surface area contributed by atoms with E-state index in [1.807, 2.05) is 0 Å². The zero-order valence-corrected chi connectivity index (χ0v) is 6.88. The van der Waals surface area contributed by atoms with Crippen molar-refractivity contribution in [2.75, 3.05) is 0 Å². The molecular formula is C8H6F3NO2. The molecule has 1 aromatic heterocycles. The Morgan fingerprint density at radius 2 is 2.21 bits per heavy atom. The molecule has 0 saturated carbocycles. The van der Waals surface area contributed by atoms with Gasteiger partial charge in [-0.1, -0.05) is 0 Å². The summed E-state index contributed by atoms with van der Waals surface area (Å²) in [5, 5.41) is 8.38. The van der Waals surface area contributed by atoms with Gasteiger partial charge in [-0.25, -0.2) is 13.8 Å². The lowest BCUT2D eigenvalue weighted by Crippen LogP contribution is -2.07. The molecule has 14 heavy (non-hydrogen) atoms. The van der Waals surface area contributed by atoms with Crippen molar-refractivity contribution in [1.82, 2.24) is 4.98 Å². The summed E-state index contributed by atoms with van der Waals surface area (Å²) in [5.41, 5.74) is -1.19. The van der Waals surface area contributed by atoms with Gasteiger partial charge in [-0.2, -0.15) is 4.39 Å². The fourth-order valence-corrected chi connectivity index (χ4v) is 1.03. The van der Waals surface area contributed by atoms with Crippen LogP contribution in [0.15, 0.2) is 12.3 Å². The van der Waals surface area contributed by atoms with E-state index in [2.05, 4.69) is 4.98 Å². The molecule has 0 aliphatic carbocycles. The molecule has 6 heteroatoms. The van der Waals surface area contributed by atoms with Crippen LogP contribution in [0.3, 0.4) is 0 Å². The van der Waals surface area contributed by atoms with E-state index in [9.17, 15) is 18.0 Å². The first-order chi connectivity index (χ1) is 6.52. The minimum absolute atomic E-state index is 0.250. The Morgan fingerprint density at radius 1 is 1.57 bits per heavy atom. The third-order valence-electron chi connectivity index (χ3n) is 1.59. The minimum atomic E-state index is -3.06. The van der Waals surface area contributed by atoms with Crippen LogP contribution in [0.25, 0.3) is 0 Å². The maximum atomic E-state index is 12.8. The zero-order valence-electron chi connectivity index (χ0n) is 6.88. The summed E-state index contributed by atoms with van der Waals surface area (Å²) >= 11 is 0. The molecular weight excluding hydrogens is 199 g/mol. The van der Waals surface area contributed by atoms with E-state index in [0.717, 1.165) is 12.3 Å². The van der Waals surface area contributed by atoms with Crippen LogP contribution in [0.5, 0.6) is 0 Å². The van der Waals surface area contributed by atoms with Gasteiger partial charge in [0, 0.05) is 6.20 Å². The summed E-state index contributed by atoms with van der Waals surface area (Å²) in [6.45, 7) is 0. The summed E-state index contributed by atoms with van der Waals surface area (Å²) in [5.74, 6) is -2.61. The molecule has 0 aliphatic rings. The summed E-state index contributed by atoms with van der Waals surface area (Å²) in [6, 6.07) is 1.07. The fourth-order valence-electron chi connectivity index (χ4n) is 1.03. The zero-order chi connectivity index (χ0) is 10.7. The molecule has 0 unspecified atom stereocenters. The number of alkyl halides is 2. The van der Waals surface area contributed by atoms with E-state index in [0.29, 0.717) is 0 Å². The number of pyridine rings is 1. The Labute approximate surface area is 77.2 Å². The van der Waals surface area contributed by atoms with Gasteiger partial charge < -0.3 is 5.11 Å². The minimum Gasteiger partial charge on any atom is -0.481 e. The van der Waals surface area contributed by atoms with Crippen LogP contribution in [-0.4, -0.2) is 16.1 Å². The lowest BCUT2D eigenvalue weighted by molar-refractivity contribution is -0.136. The van der Waals surface area contributed by atoms with Crippen molar-refractivity contribution in [2.24, 2.45) is 0 Å². The maximum Gasteiger partial charge on any atom is 0.307 e. The smallest absolute Gasteiger partial charge is 0.307 e. The van der Waals surface area contributed by atoms with E-state index in [-0.39, 0.29) is 5.56 Å². The quantitative estimate of drug-likeness (QED) is 0.765. The van der Waals surface area contributed by atoms with Gasteiger partial charge in [0.1, 0.15) is 0 Å². The number of aliphatic carboxylic acids is 1. The molecule has 1 N–H and O–H groups in total. The first kappa shape index (κ1) is 10.5. The SMILES string of the molecule is O=C(O)Cc1ccnc(F)c1C(F)F. The molecule has 0 atom stereocenters. The second-order valence-electron chi connectivity index (χ2n) is 2.55. The molecule has 0 aromatic carbocycles. The molecule has 0 spiro atoms. The number of hydrogen-bond acceptors (Lipinski definition) is 2. The van der Waals surface area contributed by atoms with Gasteiger partial charge in [0.2, 0.25) is 5.95 Å². The van der Waals surface area contributed by atoms with Crippen molar-refractivity contribution in [3.05, 3.63) is 29.3 Å². The standard InChI is InChI=1S/C8H6F3NO2/c9-7(10)6-4(3-5(13)14)1-2-12-8(6)11/h1-2,7H,3H2,(H,13,14). The molecule has 1 heterocycles. The van der Waals surface area contributed by atoms with Crippen molar-refractivity contribution >= 4 is 5.97 Å². The van der Waals surface area contributed by atoms with Crippen LogP contribution in [0, 0.1) is 5.95 Å². The molecule has 0 radical (unpaired) electrons. The molecule has 0 amide bonds. The predicted octanol–water partition coefficient (Wildman–Crippen LogP) is 1.79. The third-order valence-corrected chi connectivity index (χ3v) is 1.59. The summed E-state index contributed by atoms with van der Waals surface area (Å²) in [6.07, 6.45) is -2.74. The first-order valence-corrected chi connectivity index (χ1v) is 3.65. The van der Waals surface area contributed by atoms with Gasteiger partial charge in [0.15, 0.2) is 0 Å². The highest BCUT2D eigenvalue weighted by atomic mass is 19.3. The van der Waals surface area contributed by atoms with Crippen LogP contribution in [0.2, 0.25) is 0 Å². The Balaban J connectivity index is 3.14. The van der Waals surface area contributed by atoms with Crippen LogP contribution in [0.4, 0.5) is 13.2 Å². The van der Waals surface area contributed by atoms with E-state index >= 15 is 0 Å². The fraction of sp³-hybridized carbons (Fsp3) is 0.250. The monoisotopic (exact) mass is 205 g/mol. The third kappa shape index (κ3) is 2.21. The Morgan fingerprint density at radius 3 is 2.71 bits per heavy atom. The van der Waals surface area contributed by atoms with Crippen LogP contribution in [-0.2, 0) is 11.2 Å². The molecule has 0 aliphatic heterocycles. The van der Waals surface area contributed by atoms with Gasteiger partial charge in [0.25, 0.3) is 6.43 Å². The summed E-state index contributed by atoms with van der Waals surface area (Å²) in [7, 11) is 0. The number of hydrogen-bond donors (Lipinski definition) is 1. The molecule has 1 aromatic rings. The normalized spacial score (nSPS) is 10.6. The Bertz CT molecular complexity index is 354. The van der Waals surface area contributed by atoms with Crippen molar-refractivity contribution < 1.29 is 23.1 Å². The van der Waals surface area contributed by atoms with E-state index in [1.165, 1.54) is 0 Å². The topological polar surface area (TPSA) is 50.2 Å². The summed E-state index contributed by atoms with van der Waals surface area (Å²) < 4.78 is 37.3. The number of halogens is 3. The number of rotatable bonds is 3. The molecule has 76 valence electrons. The van der Waals surface area contributed by atoms with Crippen LogP contribution in [0.1, 0.15) is 17.6 Å². The van der Waals surface area contributed by atoms with E-state index in [1.54, 1.807) is 0 Å². The van der Waals surface area contributed by atoms with Crippen LogP contribution < -0.4 is 0 Å².